The van der Waals surface area contributed by atoms with E-state index in [1.165, 1.54) is 5.56 Å². The largest absolute Gasteiger partial charge is 0.323 e. The molecule has 0 aliphatic heterocycles. The first-order valence-corrected chi connectivity index (χ1v) is 3.93. The van der Waals surface area contributed by atoms with Crippen LogP contribution in [0, 0.1) is 18.3 Å². The maximum absolute atomic E-state index is 8.44. The molecule has 0 bridgehead atoms. The number of nitrogens with zero attached hydrogens (tertiary/aromatic N) is 1. The molecule has 0 aliphatic carbocycles. The van der Waals surface area contributed by atoms with Crippen LogP contribution < -0.4 is 5.73 Å². The zero-order chi connectivity index (χ0) is 8.97. The van der Waals surface area contributed by atoms with Crippen molar-refractivity contribution in [1.82, 2.24) is 0 Å². The summed E-state index contributed by atoms with van der Waals surface area (Å²) in [5.74, 6) is 0. The van der Waals surface area contributed by atoms with E-state index in [1.54, 1.807) is 0 Å². The summed E-state index contributed by atoms with van der Waals surface area (Å²) in [6.07, 6.45) is 0.378. The average Bonchev–Trinajstić information content (AvgIpc) is 2.05. The zero-order valence-electron chi connectivity index (χ0n) is 7.12. The predicted octanol–water partition coefficient (Wildman–Crippen LogP) is 1.91. The van der Waals surface area contributed by atoms with Gasteiger partial charge in [-0.15, -0.1) is 0 Å². The molecule has 1 aromatic carbocycles. The van der Waals surface area contributed by atoms with Gasteiger partial charge in [0, 0.05) is 6.04 Å². The highest BCUT2D eigenvalue weighted by Crippen LogP contribution is 2.14. The minimum absolute atomic E-state index is 0.144. The maximum Gasteiger partial charge on any atom is 0.0641 e. The highest BCUT2D eigenvalue weighted by atomic mass is 14.6. The lowest BCUT2D eigenvalue weighted by Crippen LogP contribution is -2.08. The van der Waals surface area contributed by atoms with Crippen LogP contribution in [0.25, 0.3) is 0 Å². The first-order valence-electron chi connectivity index (χ1n) is 3.93. The molecular formula is C10H12N2. The second-order valence-electron chi connectivity index (χ2n) is 2.88. The fourth-order valence-electron chi connectivity index (χ4n) is 1.12. The fourth-order valence-corrected chi connectivity index (χ4v) is 1.12. The first kappa shape index (κ1) is 8.76. The summed E-state index contributed by atoms with van der Waals surface area (Å²) >= 11 is 0. The topological polar surface area (TPSA) is 49.8 Å². The molecule has 0 amide bonds. The summed E-state index contributed by atoms with van der Waals surface area (Å²) in [7, 11) is 0. The van der Waals surface area contributed by atoms with Gasteiger partial charge in [-0.05, 0) is 12.5 Å². The molecule has 12 heavy (non-hydrogen) atoms. The Bertz CT molecular complexity index is 299. The molecule has 0 radical (unpaired) electrons. The number of benzene rings is 1. The van der Waals surface area contributed by atoms with Crippen molar-refractivity contribution in [1.29, 1.82) is 5.26 Å². The molecule has 1 rings (SSSR count). The van der Waals surface area contributed by atoms with Gasteiger partial charge in [0.15, 0.2) is 0 Å². The van der Waals surface area contributed by atoms with E-state index in [0.29, 0.717) is 6.42 Å². The third-order valence-corrected chi connectivity index (χ3v) is 1.78. The Hall–Kier alpha value is -1.33. The molecule has 2 N–H and O–H groups in total. The molecule has 2 heteroatoms. The van der Waals surface area contributed by atoms with E-state index in [2.05, 4.69) is 6.07 Å². The highest BCUT2D eigenvalue weighted by molar-refractivity contribution is 5.25. The van der Waals surface area contributed by atoms with Crippen LogP contribution in [0.3, 0.4) is 0 Å². The Morgan fingerprint density at radius 1 is 1.58 bits per heavy atom. The number of nitrogens with two attached hydrogens (primary N) is 1. The lowest BCUT2D eigenvalue weighted by Gasteiger charge is -2.07. The van der Waals surface area contributed by atoms with Gasteiger partial charge >= 0.3 is 0 Å². The third kappa shape index (κ3) is 2.08. The van der Waals surface area contributed by atoms with Gasteiger partial charge in [0.1, 0.15) is 0 Å². The van der Waals surface area contributed by atoms with Crippen LogP contribution >= 0.6 is 0 Å². The quantitative estimate of drug-likeness (QED) is 0.718. The van der Waals surface area contributed by atoms with Gasteiger partial charge in [-0.3, -0.25) is 0 Å². The van der Waals surface area contributed by atoms with Gasteiger partial charge in [0.05, 0.1) is 12.5 Å². The van der Waals surface area contributed by atoms with Gasteiger partial charge < -0.3 is 5.73 Å². The SMILES string of the molecule is Cc1cccc(C(N)CC#N)c1. The molecule has 0 aliphatic rings. The first-order chi connectivity index (χ1) is 5.74. The molecule has 0 saturated carbocycles. The van der Waals surface area contributed by atoms with Crippen molar-refractivity contribution in [2.24, 2.45) is 5.73 Å². The van der Waals surface area contributed by atoms with E-state index in [-0.39, 0.29) is 6.04 Å². The van der Waals surface area contributed by atoms with Gasteiger partial charge in [-0.25, -0.2) is 0 Å². The van der Waals surface area contributed by atoms with Crippen LogP contribution in [-0.2, 0) is 0 Å². The number of hydrogen-bond acceptors (Lipinski definition) is 2. The van der Waals surface area contributed by atoms with Crippen molar-refractivity contribution >= 4 is 0 Å². The minimum Gasteiger partial charge on any atom is -0.323 e. The van der Waals surface area contributed by atoms with Gasteiger partial charge in [0.25, 0.3) is 0 Å². The number of aryl methyl sites for hydroxylation is 1. The van der Waals surface area contributed by atoms with Crippen LogP contribution in [0.4, 0.5) is 0 Å². The molecule has 0 fully saturated rings. The Morgan fingerprint density at radius 3 is 2.92 bits per heavy atom. The normalized spacial score (nSPS) is 12.1. The van der Waals surface area contributed by atoms with Crippen molar-refractivity contribution in [3.05, 3.63) is 35.4 Å². The van der Waals surface area contributed by atoms with E-state index < -0.39 is 0 Å². The second kappa shape index (κ2) is 3.89. The smallest absolute Gasteiger partial charge is 0.0641 e. The van der Waals surface area contributed by atoms with Crippen LogP contribution in [0.5, 0.6) is 0 Å². The van der Waals surface area contributed by atoms with Crippen molar-refractivity contribution in [2.75, 3.05) is 0 Å². The summed E-state index contributed by atoms with van der Waals surface area (Å²) < 4.78 is 0. The highest BCUT2D eigenvalue weighted by Gasteiger charge is 2.03. The lowest BCUT2D eigenvalue weighted by atomic mass is 10.0. The predicted molar refractivity (Wildman–Crippen MR) is 48.3 cm³/mol. The van der Waals surface area contributed by atoms with E-state index in [1.807, 2.05) is 31.2 Å². The summed E-state index contributed by atoms with van der Waals surface area (Å²) in [4.78, 5) is 0. The molecule has 0 aromatic heterocycles. The monoisotopic (exact) mass is 160 g/mol. The molecular weight excluding hydrogens is 148 g/mol. The van der Waals surface area contributed by atoms with E-state index in [0.717, 1.165) is 5.56 Å². The minimum atomic E-state index is -0.144. The van der Waals surface area contributed by atoms with E-state index in [4.69, 9.17) is 11.0 Å². The van der Waals surface area contributed by atoms with E-state index in [9.17, 15) is 0 Å². The summed E-state index contributed by atoms with van der Waals surface area (Å²) in [6, 6.07) is 9.86. The van der Waals surface area contributed by atoms with Gasteiger partial charge in [-0.1, -0.05) is 29.8 Å². The van der Waals surface area contributed by atoms with Crippen molar-refractivity contribution in [3.8, 4) is 6.07 Å². The Kier molecular flexibility index (Phi) is 2.84. The second-order valence-corrected chi connectivity index (χ2v) is 2.88. The number of hydrogen-bond donors (Lipinski definition) is 1. The molecule has 62 valence electrons. The number of nitriles is 1. The summed E-state index contributed by atoms with van der Waals surface area (Å²) in [6.45, 7) is 2.02. The van der Waals surface area contributed by atoms with Crippen molar-refractivity contribution in [2.45, 2.75) is 19.4 Å². The maximum atomic E-state index is 8.44. The third-order valence-electron chi connectivity index (χ3n) is 1.78. The van der Waals surface area contributed by atoms with Gasteiger partial charge in [0.2, 0.25) is 0 Å². The van der Waals surface area contributed by atoms with Crippen LogP contribution in [0.15, 0.2) is 24.3 Å². The van der Waals surface area contributed by atoms with Crippen LogP contribution in [-0.4, -0.2) is 0 Å². The van der Waals surface area contributed by atoms with E-state index >= 15 is 0 Å². The Labute approximate surface area is 72.6 Å². The molecule has 2 nitrogen and oxygen atoms in total. The standard InChI is InChI=1S/C10H12N2/c1-8-3-2-4-9(7-8)10(12)5-6-11/h2-4,7,10H,5,12H2,1H3. The molecule has 0 saturated heterocycles. The lowest BCUT2D eigenvalue weighted by molar-refractivity contribution is 0.748. The van der Waals surface area contributed by atoms with Crippen LogP contribution in [0.2, 0.25) is 0 Å². The molecule has 1 unspecified atom stereocenters. The van der Waals surface area contributed by atoms with Crippen molar-refractivity contribution in [3.63, 3.8) is 0 Å². The van der Waals surface area contributed by atoms with Gasteiger partial charge in [-0.2, -0.15) is 5.26 Å². The van der Waals surface area contributed by atoms with Crippen molar-refractivity contribution < 1.29 is 0 Å². The van der Waals surface area contributed by atoms with Crippen LogP contribution in [0.1, 0.15) is 23.6 Å². The molecule has 1 atom stereocenters. The number of rotatable bonds is 2. The molecule has 0 heterocycles. The molecule has 0 spiro atoms. The molecule has 1 aromatic rings. The summed E-state index contributed by atoms with van der Waals surface area (Å²) in [5, 5.41) is 8.44. The average molecular weight is 160 g/mol. The Morgan fingerprint density at radius 2 is 2.33 bits per heavy atom. The summed E-state index contributed by atoms with van der Waals surface area (Å²) in [5.41, 5.74) is 7.97. The zero-order valence-corrected chi connectivity index (χ0v) is 7.12. The fraction of sp³-hybridized carbons (Fsp3) is 0.300. The Balaban J connectivity index is 2.82.